The first kappa shape index (κ1) is 9.81. The third kappa shape index (κ3) is 2.60. The SMILES string of the molecule is O=C[C@H](O)[C@H](Cl)[C@H](O)CF. The lowest BCUT2D eigenvalue weighted by Crippen LogP contribution is -2.35. The Bertz CT molecular complexity index is 111. The Kier molecular flexibility index (Phi) is 4.51. The van der Waals surface area contributed by atoms with Crippen LogP contribution in [0.15, 0.2) is 0 Å². The van der Waals surface area contributed by atoms with Gasteiger partial charge in [-0.2, -0.15) is 0 Å². The first-order valence-corrected chi connectivity index (χ1v) is 3.08. The number of rotatable bonds is 4. The van der Waals surface area contributed by atoms with Crippen LogP contribution in [0.25, 0.3) is 0 Å². The highest BCUT2D eigenvalue weighted by Gasteiger charge is 2.23. The maximum absolute atomic E-state index is 11.6. The predicted molar refractivity (Wildman–Crippen MR) is 33.7 cm³/mol. The normalized spacial score (nSPS) is 19.6. The lowest BCUT2D eigenvalue weighted by molar-refractivity contribution is -0.116. The van der Waals surface area contributed by atoms with Crippen molar-refractivity contribution in [3.8, 4) is 0 Å². The number of hydrogen-bond acceptors (Lipinski definition) is 3. The van der Waals surface area contributed by atoms with Crippen LogP contribution in [0.1, 0.15) is 0 Å². The van der Waals surface area contributed by atoms with Crippen LogP contribution in [-0.4, -0.2) is 40.8 Å². The number of aldehydes is 1. The largest absolute Gasteiger partial charge is 0.389 e. The summed E-state index contributed by atoms with van der Waals surface area (Å²) in [4.78, 5) is 9.80. The molecule has 0 fully saturated rings. The van der Waals surface area contributed by atoms with Gasteiger partial charge in [0.1, 0.15) is 25.2 Å². The predicted octanol–water partition coefficient (Wildman–Crippen LogP) is -0.516. The van der Waals surface area contributed by atoms with E-state index in [4.69, 9.17) is 21.8 Å². The van der Waals surface area contributed by atoms with Crippen molar-refractivity contribution in [2.45, 2.75) is 17.6 Å². The van der Waals surface area contributed by atoms with E-state index in [1.165, 1.54) is 0 Å². The first-order chi connectivity index (χ1) is 4.63. The van der Waals surface area contributed by atoms with Gasteiger partial charge in [0.15, 0.2) is 0 Å². The zero-order valence-electron chi connectivity index (χ0n) is 5.08. The second-order valence-electron chi connectivity index (χ2n) is 1.79. The van der Waals surface area contributed by atoms with Crippen molar-refractivity contribution in [1.29, 1.82) is 0 Å². The van der Waals surface area contributed by atoms with E-state index >= 15 is 0 Å². The quantitative estimate of drug-likeness (QED) is 0.441. The molecule has 5 heteroatoms. The molecule has 0 spiro atoms. The highest BCUT2D eigenvalue weighted by Crippen LogP contribution is 2.07. The fraction of sp³-hybridized carbons (Fsp3) is 0.800. The van der Waals surface area contributed by atoms with E-state index in [-0.39, 0.29) is 6.29 Å². The summed E-state index contributed by atoms with van der Waals surface area (Å²) in [5.74, 6) is 0. The smallest absolute Gasteiger partial charge is 0.150 e. The van der Waals surface area contributed by atoms with Crippen molar-refractivity contribution in [1.82, 2.24) is 0 Å². The summed E-state index contributed by atoms with van der Waals surface area (Å²) in [6.45, 7) is -1.07. The molecule has 0 rings (SSSR count). The molecule has 0 saturated heterocycles. The molecular formula is C5H8ClFO3. The van der Waals surface area contributed by atoms with Gasteiger partial charge in [-0.15, -0.1) is 11.6 Å². The summed E-state index contributed by atoms with van der Waals surface area (Å²) in [5.41, 5.74) is 0. The van der Waals surface area contributed by atoms with Crippen LogP contribution in [0.2, 0.25) is 0 Å². The zero-order chi connectivity index (χ0) is 8.15. The summed E-state index contributed by atoms with van der Waals surface area (Å²) in [6, 6.07) is 0. The molecular weight excluding hydrogens is 163 g/mol. The third-order valence-corrected chi connectivity index (χ3v) is 1.54. The number of carbonyl (C=O) groups excluding carboxylic acids is 1. The summed E-state index contributed by atoms with van der Waals surface area (Å²) in [6.07, 6.45) is -2.84. The number of halogens is 2. The molecule has 0 bridgehead atoms. The molecule has 2 N–H and O–H groups in total. The van der Waals surface area contributed by atoms with Gasteiger partial charge in [0.25, 0.3) is 0 Å². The van der Waals surface area contributed by atoms with Crippen LogP contribution in [0.4, 0.5) is 4.39 Å². The van der Waals surface area contributed by atoms with Crippen molar-refractivity contribution in [3.05, 3.63) is 0 Å². The van der Waals surface area contributed by atoms with E-state index in [0.717, 1.165) is 0 Å². The fourth-order valence-electron chi connectivity index (χ4n) is 0.388. The molecule has 10 heavy (non-hydrogen) atoms. The van der Waals surface area contributed by atoms with Crippen molar-refractivity contribution in [2.75, 3.05) is 6.67 Å². The fourth-order valence-corrected chi connectivity index (χ4v) is 0.515. The van der Waals surface area contributed by atoms with Crippen molar-refractivity contribution >= 4 is 17.9 Å². The molecule has 60 valence electrons. The summed E-state index contributed by atoms with van der Waals surface area (Å²) in [5, 5.41) is 15.9. The molecule has 0 aromatic carbocycles. The topological polar surface area (TPSA) is 57.5 Å². The lowest BCUT2D eigenvalue weighted by atomic mass is 10.2. The Hall–Kier alpha value is -0.190. The van der Waals surface area contributed by atoms with Gasteiger partial charge >= 0.3 is 0 Å². The molecule has 0 unspecified atom stereocenters. The highest BCUT2D eigenvalue weighted by molar-refractivity contribution is 6.22. The molecule has 0 aliphatic heterocycles. The monoisotopic (exact) mass is 170 g/mol. The maximum atomic E-state index is 11.6. The van der Waals surface area contributed by atoms with E-state index < -0.39 is 24.3 Å². The van der Waals surface area contributed by atoms with E-state index in [9.17, 15) is 9.18 Å². The van der Waals surface area contributed by atoms with Crippen molar-refractivity contribution < 1.29 is 19.4 Å². The van der Waals surface area contributed by atoms with Crippen molar-refractivity contribution in [3.63, 3.8) is 0 Å². The summed E-state index contributed by atoms with van der Waals surface area (Å²) < 4.78 is 11.6. The minimum atomic E-state index is -1.51. The number of alkyl halides is 2. The van der Waals surface area contributed by atoms with Crippen LogP contribution < -0.4 is 0 Å². The van der Waals surface area contributed by atoms with E-state index in [0.29, 0.717) is 0 Å². The third-order valence-electron chi connectivity index (χ3n) is 0.991. The Labute approximate surface area is 62.4 Å². The Morgan fingerprint density at radius 2 is 2.10 bits per heavy atom. The molecule has 0 aromatic heterocycles. The molecule has 0 aliphatic carbocycles. The van der Waals surface area contributed by atoms with Crippen LogP contribution in [0.3, 0.4) is 0 Å². The van der Waals surface area contributed by atoms with Gasteiger partial charge in [0.2, 0.25) is 0 Å². The molecule has 3 atom stereocenters. The average Bonchev–Trinajstić information content (AvgIpc) is 2.00. The van der Waals surface area contributed by atoms with Crippen LogP contribution >= 0.6 is 11.6 Å². The molecule has 0 saturated carbocycles. The van der Waals surface area contributed by atoms with Crippen molar-refractivity contribution in [2.24, 2.45) is 0 Å². The standard InChI is InChI=1S/C5H8ClFO3/c6-5(3(9)1-7)4(10)2-8/h2-5,9-10H,1H2/t3-,4+,5-/m1/s1. The maximum Gasteiger partial charge on any atom is 0.150 e. The van der Waals surface area contributed by atoms with Crippen LogP contribution in [-0.2, 0) is 4.79 Å². The Morgan fingerprint density at radius 3 is 2.40 bits per heavy atom. The van der Waals surface area contributed by atoms with Crippen LogP contribution in [0.5, 0.6) is 0 Å². The van der Waals surface area contributed by atoms with Crippen LogP contribution in [0, 0.1) is 0 Å². The second kappa shape index (κ2) is 4.60. The van der Waals surface area contributed by atoms with Gasteiger partial charge in [-0.1, -0.05) is 0 Å². The molecule has 0 aromatic rings. The summed E-state index contributed by atoms with van der Waals surface area (Å²) >= 11 is 5.21. The molecule has 0 amide bonds. The lowest BCUT2D eigenvalue weighted by Gasteiger charge is -2.14. The number of hydrogen-bond donors (Lipinski definition) is 2. The van der Waals surface area contributed by atoms with E-state index in [1.807, 2.05) is 0 Å². The van der Waals surface area contributed by atoms with Gasteiger partial charge in [-0.25, -0.2) is 4.39 Å². The molecule has 0 radical (unpaired) electrons. The van der Waals surface area contributed by atoms with Gasteiger partial charge in [0.05, 0.1) is 5.38 Å². The number of aliphatic hydroxyl groups excluding tert-OH is 2. The van der Waals surface area contributed by atoms with E-state index in [1.54, 1.807) is 0 Å². The summed E-state index contributed by atoms with van der Waals surface area (Å²) in [7, 11) is 0. The van der Waals surface area contributed by atoms with Gasteiger partial charge in [-0.05, 0) is 0 Å². The van der Waals surface area contributed by atoms with Gasteiger partial charge < -0.3 is 15.0 Å². The first-order valence-electron chi connectivity index (χ1n) is 2.65. The highest BCUT2D eigenvalue weighted by atomic mass is 35.5. The zero-order valence-corrected chi connectivity index (χ0v) is 5.83. The van der Waals surface area contributed by atoms with Gasteiger partial charge in [-0.3, -0.25) is 0 Å². The van der Waals surface area contributed by atoms with E-state index in [2.05, 4.69) is 0 Å². The Balaban J connectivity index is 3.80. The number of carbonyl (C=O) groups is 1. The number of aliphatic hydroxyl groups is 2. The minimum Gasteiger partial charge on any atom is -0.389 e. The van der Waals surface area contributed by atoms with Gasteiger partial charge in [0, 0.05) is 0 Å². The molecule has 0 heterocycles. The average molecular weight is 171 g/mol. The minimum absolute atomic E-state index is 0.149. The Morgan fingerprint density at radius 1 is 1.60 bits per heavy atom. The molecule has 3 nitrogen and oxygen atoms in total. The molecule has 0 aliphatic rings. The second-order valence-corrected chi connectivity index (χ2v) is 2.30.